The summed E-state index contributed by atoms with van der Waals surface area (Å²) in [6.07, 6.45) is 4.74. The predicted octanol–water partition coefficient (Wildman–Crippen LogP) is 3.04. The second-order valence-corrected chi connectivity index (χ2v) is 6.18. The number of halogens is 1. The van der Waals surface area contributed by atoms with E-state index in [4.69, 9.17) is 15.2 Å². The molecule has 1 aliphatic carbocycles. The maximum Gasteiger partial charge on any atom is 0.170 e. The van der Waals surface area contributed by atoms with Crippen LogP contribution in [0.3, 0.4) is 0 Å². The SMILES string of the molecule is NC1(c2c(O)c(Br)cc3c2OCCCO3)CCCC1. The smallest absolute Gasteiger partial charge is 0.170 e. The van der Waals surface area contributed by atoms with Crippen LogP contribution in [0.15, 0.2) is 10.5 Å². The van der Waals surface area contributed by atoms with Crippen LogP contribution in [0.25, 0.3) is 0 Å². The first kappa shape index (κ1) is 13.1. The third kappa shape index (κ3) is 2.19. The minimum atomic E-state index is -0.508. The number of benzene rings is 1. The molecule has 1 aromatic carbocycles. The number of ether oxygens (including phenoxy) is 2. The number of fused-ring (bicyclic) bond motifs is 1. The summed E-state index contributed by atoms with van der Waals surface area (Å²) in [5.74, 6) is 1.49. The Morgan fingerprint density at radius 3 is 2.58 bits per heavy atom. The normalized spacial score (nSPS) is 21.2. The Bertz CT molecular complexity index is 498. The molecule has 0 aromatic heterocycles. The molecule has 5 heteroatoms. The van der Waals surface area contributed by atoms with Gasteiger partial charge in [0.25, 0.3) is 0 Å². The number of rotatable bonds is 1. The fourth-order valence-corrected chi connectivity index (χ4v) is 3.39. The van der Waals surface area contributed by atoms with Crippen molar-refractivity contribution in [3.8, 4) is 17.2 Å². The Balaban J connectivity index is 2.18. The fraction of sp³-hybridized carbons (Fsp3) is 0.571. The first-order chi connectivity index (χ1) is 9.12. The van der Waals surface area contributed by atoms with E-state index in [1.807, 2.05) is 0 Å². The van der Waals surface area contributed by atoms with Crippen molar-refractivity contribution < 1.29 is 14.6 Å². The van der Waals surface area contributed by atoms with Crippen LogP contribution in [0.4, 0.5) is 0 Å². The number of nitrogens with two attached hydrogens (primary N) is 1. The van der Waals surface area contributed by atoms with E-state index in [1.54, 1.807) is 6.07 Å². The zero-order chi connectivity index (χ0) is 13.5. The highest BCUT2D eigenvalue weighted by Crippen LogP contribution is 2.51. The van der Waals surface area contributed by atoms with Crippen molar-refractivity contribution in [3.63, 3.8) is 0 Å². The standard InChI is InChI=1S/C14H18BrNO3/c15-9-8-10-13(19-7-3-6-18-10)11(12(9)17)14(16)4-1-2-5-14/h8,17H,1-7,16H2. The first-order valence-corrected chi connectivity index (χ1v) is 7.51. The van der Waals surface area contributed by atoms with E-state index < -0.39 is 5.54 Å². The zero-order valence-corrected chi connectivity index (χ0v) is 12.3. The Morgan fingerprint density at radius 1 is 1.16 bits per heavy atom. The average molecular weight is 328 g/mol. The lowest BCUT2D eigenvalue weighted by Gasteiger charge is -2.28. The monoisotopic (exact) mass is 327 g/mol. The number of phenols is 1. The first-order valence-electron chi connectivity index (χ1n) is 6.72. The van der Waals surface area contributed by atoms with Gasteiger partial charge in [0.05, 0.1) is 23.2 Å². The Labute approximate surface area is 121 Å². The maximum absolute atomic E-state index is 10.4. The van der Waals surface area contributed by atoms with Crippen LogP contribution in [0.1, 0.15) is 37.7 Å². The highest BCUT2D eigenvalue weighted by Gasteiger charge is 2.39. The van der Waals surface area contributed by atoms with Gasteiger partial charge in [0.2, 0.25) is 0 Å². The Kier molecular flexibility index (Phi) is 3.35. The molecular weight excluding hydrogens is 310 g/mol. The van der Waals surface area contributed by atoms with Crippen molar-refractivity contribution in [1.29, 1.82) is 0 Å². The van der Waals surface area contributed by atoms with Gasteiger partial charge >= 0.3 is 0 Å². The summed E-state index contributed by atoms with van der Waals surface area (Å²) in [5.41, 5.74) is 6.71. The van der Waals surface area contributed by atoms with E-state index >= 15 is 0 Å². The summed E-state index contributed by atoms with van der Waals surface area (Å²) < 4.78 is 12.1. The third-order valence-electron chi connectivity index (χ3n) is 3.96. The topological polar surface area (TPSA) is 64.7 Å². The third-order valence-corrected chi connectivity index (χ3v) is 4.56. The minimum Gasteiger partial charge on any atom is -0.506 e. The second kappa shape index (κ2) is 4.87. The molecule has 1 aromatic rings. The van der Waals surface area contributed by atoms with Crippen molar-refractivity contribution in [3.05, 3.63) is 16.1 Å². The van der Waals surface area contributed by atoms with Gasteiger partial charge in [-0.05, 0) is 28.8 Å². The largest absolute Gasteiger partial charge is 0.506 e. The quantitative estimate of drug-likeness (QED) is 0.832. The molecule has 0 unspecified atom stereocenters. The van der Waals surface area contributed by atoms with Crippen molar-refractivity contribution >= 4 is 15.9 Å². The van der Waals surface area contributed by atoms with Gasteiger partial charge in [0.15, 0.2) is 11.5 Å². The lowest BCUT2D eigenvalue weighted by Crippen LogP contribution is -2.33. The van der Waals surface area contributed by atoms with Crippen LogP contribution in [0.5, 0.6) is 17.2 Å². The summed E-state index contributed by atoms with van der Waals surface area (Å²) in [5, 5.41) is 10.4. The summed E-state index contributed by atoms with van der Waals surface area (Å²) in [7, 11) is 0. The van der Waals surface area contributed by atoms with Crippen molar-refractivity contribution in [2.75, 3.05) is 13.2 Å². The molecular formula is C14H18BrNO3. The molecule has 1 aliphatic heterocycles. The lowest BCUT2D eigenvalue weighted by atomic mass is 9.87. The highest BCUT2D eigenvalue weighted by molar-refractivity contribution is 9.10. The van der Waals surface area contributed by atoms with E-state index in [2.05, 4.69) is 15.9 Å². The van der Waals surface area contributed by atoms with Crippen LogP contribution in [-0.4, -0.2) is 18.3 Å². The van der Waals surface area contributed by atoms with Gasteiger partial charge in [0, 0.05) is 18.0 Å². The van der Waals surface area contributed by atoms with Crippen LogP contribution < -0.4 is 15.2 Å². The number of hydrogen-bond acceptors (Lipinski definition) is 4. The summed E-state index contributed by atoms with van der Waals surface area (Å²) >= 11 is 3.38. The van der Waals surface area contributed by atoms with E-state index in [0.29, 0.717) is 34.7 Å². The molecule has 1 heterocycles. The van der Waals surface area contributed by atoms with Crippen LogP contribution in [0.2, 0.25) is 0 Å². The molecule has 0 amide bonds. The summed E-state index contributed by atoms with van der Waals surface area (Å²) in [6, 6.07) is 1.76. The molecule has 0 atom stereocenters. The van der Waals surface area contributed by atoms with Gasteiger partial charge < -0.3 is 20.3 Å². The Morgan fingerprint density at radius 2 is 1.84 bits per heavy atom. The molecule has 1 fully saturated rings. The van der Waals surface area contributed by atoms with E-state index in [9.17, 15) is 5.11 Å². The zero-order valence-electron chi connectivity index (χ0n) is 10.7. The van der Waals surface area contributed by atoms with Gasteiger partial charge in [-0.1, -0.05) is 12.8 Å². The molecule has 3 rings (SSSR count). The van der Waals surface area contributed by atoms with Crippen LogP contribution in [-0.2, 0) is 5.54 Å². The maximum atomic E-state index is 10.4. The molecule has 0 bridgehead atoms. The van der Waals surface area contributed by atoms with Gasteiger partial charge in [0.1, 0.15) is 5.75 Å². The fourth-order valence-electron chi connectivity index (χ4n) is 2.98. The van der Waals surface area contributed by atoms with Gasteiger partial charge in [-0.15, -0.1) is 0 Å². The molecule has 4 nitrogen and oxygen atoms in total. The summed E-state index contributed by atoms with van der Waals surface area (Å²) in [6.45, 7) is 1.22. The highest BCUT2D eigenvalue weighted by atomic mass is 79.9. The summed E-state index contributed by atoms with van der Waals surface area (Å²) in [4.78, 5) is 0. The van der Waals surface area contributed by atoms with Crippen molar-refractivity contribution in [2.24, 2.45) is 5.73 Å². The number of aromatic hydroxyl groups is 1. The molecule has 19 heavy (non-hydrogen) atoms. The molecule has 104 valence electrons. The van der Waals surface area contributed by atoms with Crippen molar-refractivity contribution in [2.45, 2.75) is 37.6 Å². The number of phenolic OH excluding ortho intramolecular Hbond substituents is 1. The number of hydrogen-bond donors (Lipinski definition) is 2. The molecule has 2 aliphatic rings. The van der Waals surface area contributed by atoms with Crippen LogP contribution in [0, 0.1) is 0 Å². The Hall–Kier alpha value is -0.940. The van der Waals surface area contributed by atoms with E-state index in [-0.39, 0.29) is 5.75 Å². The average Bonchev–Trinajstić information content (AvgIpc) is 2.68. The minimum absolute atomic E-state index is 0.189. The van der Waals surface area contributed by atoms with Crippen LogP contribution >= 0.6 is 15.9 Å². The van der Waals surface area contributed by atoms with E-state index in [0.717, 1.165) is 32.1 Å². The molecule has 3 N–H and O–H groups in total. The van der Waals surface area contributed by atoms with Gasteiger partial charge in [-0.2, -0.15) is 0 Å². The molecule has 0 radical (unpaired) electrons. The second-order valence-electron chi connectivity index (χ2n) is 5.32. The molecule has 1 saturated carbocycles. The van der Waals surface area contributed by atoms with Crippen molar-refractivity contribution in [1.82, 2.24) is 0 Å². The molecule has 0 spiro atoms. The van der Waals surface area contributed by atoms with E-state index in [1.165, 1.54) is 0 Å². The van der Waals surface area contributed by atoms with Gasteiger partial charge in [-0.25, -0.2) is 0 Å². The predicted molar refractivity (Wildman–Crippen MR) is 75.7 cm³/mol. The lowest BCUT2D eigenvalue weighted by molar-refractivity contribution is 0.291. The van der Waals surface area contributed by atoms with Gasteiger partial charge in [-0.3, -0.25) is 0 Å². The molecule has 0 saturated heterocycles.